The van der Waals surface area contributed by atoms with Gasteiger partial charge >= 0.3 is 0 Å². The van der Waals surface area contributed by atoms with E-state index in [9.17, 15) is 8.42 Å². The van der Waals surface area contributed by atoms with Crippen molar-refractivity contribution in [2.24, 2.45) is 5.10 Å². The topological polar surface area (TPSA) is 84.3 Å². The van der Waals surface area contributed by atoms with Gasteiger partial charge in [0.2, 0.25) is 0 Å². The first-order valence-corrected chi connectivity index (χ1v) is 8.43. The number of halogens is 1. The molecule has 0 aliphatic carbocycles. The van der Waals surface area contributed by atoms with Crippen LogP contribution in [0.5, 0.6) is 0 Å². The van der Waals surface area contributed by atoms with Gasteiger partial charge in [-0.2, -0.15) is 13.5 Å². The first-order valence-electron chi connectivity index (χ1n) is 6.57. The molecule has 0 fully saturated rings. The Hall–Kier alpha value is -2.51. The third-order valence-electron chi connectivity index (χ3n) is 2.96. The van der Waals surface area contributed by atoms with Gasteiger partial charge in [0.15, 0.2) is 0 Å². The fraction of sp³-hybridized carbons (Fsp3) is 0. The standard InChI is InChI=1S/C15H11ClN4O2S/c16-11-5-7-13(8-6-11)23(21,22)20-18-10-12-9-17-14-3-1-2-4-15(14)19-12/h1-10,20H. The molecule has 3 rings (SSSR count). The Morgan fingerprint density at radius 1 is 1.04 bits per heavy atom. The van der Waals surface area contributed by atoms with Crippen molar-refractivity contribution in [2.75, 3.05) is 0 Å². The van der Waals surface area contributed by atoms with E-state index in [-0.39, 0.29) is 4.90 Å². The van der Waals surface area contributed by atoms with Gasteiger partial charge in [-0.1, -0.05) is 23.7 Å². The fourth-order valence-electron chi connectivity index (χ4n) is 1.86. The van der Waals surface area contributed by atoms with Crippen molar-refractivity contribution in [3.63, 3.8) is 0 Å². The number of hydrogen-bond donors (Lipinski definition) is 1. The minimum Gasteiger partial charge on any atom is -0.252 e. The minimum atomic E-state index is -3.74. The second-order valence-electron chi connectivity index (χ2n) is 4.59. The lowest BCUT2D eigenvalue weighted by molar-refractivity contribution is 0.584. The molecule has 116 valence electrons. The molecule has 23 heavy (non-hydrogen) atoms. The number of benzene rings is 2. The maximum absolute atomic E-state index is 12.0. The van der Waals surface area contributed by atoms with Crippen LogP contribution in [0.3, 0.4) is 0 Å². The molecule has 2 aromatic carbocycles. The molecule has 0 aliphatic heterocycles. The monoisotopic (exact) mass is 346 g/mol. The summed E-state index contributed by atoms with van der Waals surface area (Å²) in [6.45, 7) is 0. The van der Waals surface area contributed by atoms with E-state index in [0.717, 1.165) is 5.52 Å². The van der Waals surface area contributed by atoms with E-state index in [1.807, 2.05) is 24.3 Å². The number of fused-ring (bicyclic) bond motifs is 1. The van der Waals surface area contributed by atoms with Crippen molar-refractivity contribution in [2.45, 2.75) is 4.90 Å². The highest BCUT2D eigenvalue weighted by Gasteiger charge is 2.11. The van der Waals surface area contributed by atoms with Crippen LogP contribution in [0.2, 0.25) is 5.02 Å². The molecule has 1 heterocycles. The lowest BCUT2D eigenvalue weighted by Gasteiger charge is -2.03. The first kappa shape index (κ1) is 15.4. The highest BCUT2D eigenvalue weighted by molar-refractivity contribution is 7.89. The number of rotatable bonds is 4. The van der Waals surface area contributed by atoms with E-state index in [2.05, 4.69) is 19.9 Å². The fourth-order valence-corrected chi connectivity index (χ4v) is 2.78. The Bertz CT molecular complexity index is 972. The summed E-state index contributed by atoms with van der Waals surface area (Å²) in [6, 6.07) is 13.2. The van der Waals surface area contributed by atoms with E-state index in [4.69, 9.17) is 11.6 Å². The van der Waals surface area contributed by atoms with Crippen molar-refractivity contribution in [1.29, 1.82) is 0 Å². The maximum atomic E-state index is 12.0. The first-order chi connectivity index (χ1) is 11.0. The van der Waals surface area contributed by atoms with Crippen LogP contribution in [0.15, 0.2) is 64.7 Å². The predicted molar refractivity (Wildman–Crippen MR) is 88.9 cm³/mol. The zero-order chi connectivity index (χ0) is 16.3. The molecular formula is C15H11ClN4O2S. The molecule has 8 heteroatoms. The summed E-state index contributed by atoms with van der Waals surface area (Å²) in [6.07, 6.45) is 2.81. The lowest BCUT2D eigenvalue weighted by atomic mass is 10.3. The summed E-state index contributed by atoms with van der Waals surface area (Å²) in [4.78, 5) is 10.7. The van der Waals surface area contributed by atoms with Crippen LogP contribution in [0, 0.1) is 0 Å². The van der Waals surface area contributed by atoms with Crippen LogP contribution < -0.4 is 4.83 Å². The molecule has 0 aliphatic rings. The van der Waals surface area contributed by atoms with Crippen LogP contribution in [0.4, 0.5) is 0 Å². The van der Waals surface area contributed by atoms with Crippen molar-refractivity contribution < 1.29 is 8.42 Å². The molecule has 0 bridgehead atoms. The molecular weight excluding hydrogens is 336 g/mol. The number of hydrogen-bond acceptors (Lipinski definition) is 5. The van der Waals surface area contributed by atoms with Gasteiger partial charge in [-0.3, -0.25) is 4.98 Å². The Labute approximate surface area is 137 Å². The van der Waals surface area contributed by atoms with E-state index >= 15 is 0 Å². The van der Waals surface area contributed by atoms with Gasteiger partial charge in [-0.25, -0.2) is 9.82 Å². The Morgan fingerprint density at radius 3 is 2.48 bits per heavy atom. The third kappa shape index (κ3) is 3.64. The number of sulfonamides is 1. The summed E-state index contributed by atoms with van der Waals surface area (Å²) >= 11 is 5.73. The molecule has 0 atom stereocenters. The van der Waals surface area contributed by atoms with Crippen LogP contribution >= 0.6 is 11.6 Å². The molecule has 0 saturated heterocycles. The van der Waals surface area contributed by atoms with Crippen LogP contribution in [0.25, 0.3) is 11.0 Å². The van der Waals surface area contributed by atoms with Gasteiger partial charge in [0, 0.05) is 5.02 Å². The number of para-hydroxylation sites is 2. The molecule has 0 radical (unpaired) electrons. The van der Waals surface area contributed by atoms with E-state index in [1.165, 1.54) is 36.7 Å². The smallest absolute Gasteiger partial charge is 0.252 e. The zero-order valence-corrected chi connectivity index (χ0v) is 13.3. The van der Waals surface area contributed by atoms with E-state index < -0.39 is 10.0 Å². The van der Waals surface area contributed by atoms with Gasteiger partial charge in [-0.15, -0.1) is 0 Å². The summed E-state index contributed by atoms with van der Waals surface area (Å²) in [7, 11) is -3.74. The quantitative estimate of drug-likeness (QED) is 0.581. The molecule has 1 aromatic heterocycles. The van der Waals surface area contributed by atoms with Crippen LogP contribution in [-0.2, 0) is 10.0 Å². The van der Waals surface area contributed by atoms with Crippen molar-refractivity contribution in [3.05, 3.63) is 65.4 Å². The molecule has 6 nitrogen and oxygen atoms in total. The molecule has 0 spiro atoms. The SMILES string of the molecule is O=S(=O)(NN=Cc1cnc2ccccc2n1)c1ccc(Cl)cc1. The molecule has 3 aromatic rings. The molecule has 0 amide bonds. The highest BCUT2D eigenvalue weighted by atomic mass is 35.5. The van der Waals surface area contributed by atoms with Crippen LogP contribution in [0.1, 0.15) is 5.69 Å². The molecule has 0 unspecified atom stereocenters. The summed E-state index contributed by atoms with van der Waals surface area (Å²) in [5.41, 5.74) is 1.91. The number of nitrogens with zero attached hydrogens (tertiary/aromatic N) is 3. The highest BCUT2D eigenvalue weighted by Crippen LogP contribution is 2.13. The van der Waals surface area contributed by atoms with E-state index in [0.29, 0.717) is 16.2 Å². The second kappa shape index (κ2) is 6.31. The number of hydrazone groups is 1. The van der Waals surface area contributed by atoms with E-state index in [1.54, 1.807) is 0 Å². The average molecular weight is 347 g/mol. The van der Waals surface area contributed by atoms with Crippen LogP contribution in [-0.4, -0.2) is 24.6 Å². The largest absolute Gasteiger partial charge is 0.276 e. The van der Waals surface area contributed by atoms with Gasteiger partial charge in [0.25, 0.3) is 10.0 Å². The summed E-state index contributed by atoms with van der Waals surface area (Å²) < 4.78 is 24.1. The molecule has 0 saturated carbocycles. The lowest BCUT2D eigenvalue weighted by Crippen LogP contribution is -2.18. The van der Waals surface area contributed by atoms with Crippen molar-refractivity contribution >= 4 is 38.9 Å². The normalized spacial score (nSPS) is 11.9. The van der Waals surface area contributed by atoms with Gasteiger partial charge < -0.3 is 0 Å². The predicted octanol–water partition coefficient (Wildman–Crippen LogP) is 2.60. The summed E-state index contributed by atoms with van der Waals surface area (Å²) in [5.74, 6) is 0. The Morgan fingerprint density at radius 2 is 1.74 bits per heavy atom. The van der Waals surface area contributed by atoms with Crippen molar-refractivity contribution in [3.8, 4) is 0 Å². The van der Waals surface area contributed by atoms with Crippen molar-refractivity contribution in [1.82, 2.24) is 14.8 Å². The Kier molecular flexibility index (Phi) is 4.22. The van der Waals surface area contributed by atoms with Gasteiger partial charge in [0.05, 0.1) is 28.3 Å². The minimum absolute atomic E-state index is 0.0728. The summed E-state index contributed by atoms with van der Waals surface area (Å²) in [5, 5.41) is 4.18. The van der Waals surface area contributed by atoms with Gasteiger partial charge in [0.1, 0.15) is 5.69 Å². The Balaban J connectivity index is 1.78. The zero-order valence-electron chi connectivity index (χ0n) is 11.7. The molecule has 1 N–H and O–H groups in total. The average Bonchev–Trinajstić information content (AvgIpc) is 2.55. The third-order valence-corrected chi connectivity index (χ3v) is 4.45. The number of aromatic nitrogens is 2. The maximum Gasteiger partial charge on any atom is 0.276 e. The second-order valence-corrected chi connectivity index (χ2v) is 6.69. The van der Waals surface area contributed by atoms with Gasteiger partial charge in [-0.05, 0) is 36.4 Å². The number of nitrogens with one attached hydrogen (secondary N) is 1.